The fraction of sp³-hybridized carbons (Fsp3) is 0.750. The van der Waals surface area contributed by atoms with Crippen LogP contribution in [0.1, 0.15) is 43.6 Å². The zero-order valence-electron chi connectivity index (χ0n) is 13.9. The first kappa shape index (κ1) is 15.9. The average molecular weight is 292 g/mol. The van der Waals surface area contributed by atoms with Crippen LogP contribution in [0.25, 0.3) is 0 Å². The van der Waals surface area contributed by atoms with Gasteiger partial charge in [0.2, 0.25) is 0 Å². The van der Waals surface area contributed by atoms with Crippen LogP contribution in [0.2, 0.25) is 0 Å². The molecule has 1 aliphatic rings. The lowest BCUT2D eigenvalue weighted by molar-refractivity contribution is 0.179. The molecule has 1 N–H and O–H groups in total. The third kappa shape index (κ3) is 3.39. The number of rotatable bonds is 4. The quantitative estimate of drug-likeness (QED) is 0.926. The zero-order chi connectivity index (χ0) is 15.6. The van der Waals surface area contributed by atoms with Crippen molar-refractivity contribution in [2.24, 2.45) is 13.0 Å². The van der Waals surface area contributed by atoms with Crippen molar-refractivity contribution in [1.82, 2.24) is 20.0 Å². The van der Waals surface area contributed by atoms with Crippen molar-refractivity contribution < 1.29 is 4.79 Å². The SMILES string of the molecule is Cc1nn(C)c(C)c1CCNC(=O)N1CCC[C@@H]1C(C)C. The molecular weight excluding hydrogens is 264 g/mol. The summed E-state index contributed by atoms with van der Waals surface area (Å²) in [5.74, 6) is 0.529. The van der Waals surface area contributed by atoms with Crippen molar-refractivity contribution in [1.29, 1.82) is 0 Å². The largest absolute Gasteiger partial charge is 0.338 e. The molecule has 1 atom stereocenters. The van der Waals surface area contributed by atoms with Crippen LogP contribution in [0.5, 0.6) is 0 Å². The molecule has 0 unspecified atom stereocenters. The highest BCUT2D eigenvalue weighted by molar-refractivity contribution is 5.74. The molecule has 21 heavy (non-hydrogen) atoms. The predicted molar refractivity (Wildman–Crippen MR) is 84.4 cm³/mol. The standard InChI is InChI=1S/C16H28N4O/c1-11(2)15-7-6-10-20(15)16(21)17-9-8-14-12(3)18-19(5)13(14)4/h11,15H,6-10H2,1-5H3,(H,17,21)/t15-/m1/s1. The number of hydrogen-bond acceptors (Lipinski definition) is 2. The van der Waals surface area contributed by atoms with E-state index in [-0.39, 0.29) is 6.03 Å². The molecule has 1 aromatic heterocycles. The van der Waals surface area contributed by atoms with Gasteiger partial charge in [0.15, 0.2) is 0 Å². The number of carbonyl (C=O) groups excluding carboxylic acids is 1. The van der Waals surface area contributed by atoms with Gasteiger partial charge in [-0.1, -0.05) is 13.8 Å². The van der Waals surface area contributed by atoms with Crippen LogP contribution in [-0.2, 0) is 13.5 Å². The van der Waals surface area contributed by atoms with Gasteiger partial charge < -0.3 is 10.2 Å². The topological polar surface area (TPSA) is 50.2 Å². The van der Waals surface area contributed by atoms with Crippen LogP contribution in [0.15, 0.2) is 0 Å². The Morgan fingerprint density at radius 3 is 2.71 bits per heavy atom. The maximum atomic E-state index is 12.3. The Morgan fingerprint density at radius 2 is 2.14 bits per heavy atom. The van der Waals surface area contributed by atoms with E-state index >= 15 is 0 Å². The highest BCUT2D eigenvalue weighted by Crippen LogP contribution is 2.23. The maximum absolute atomic E-state index is 12.3. The van der Waals surface area contributed by atoms with E-state index in [1.54, 1.807) is 0 Å². The van der Waals surface area contributed by atoms with E-state index in [1.165, 1.54) is 11.3 Å². The molecule has 0 bridgehead atoms. The smallest absolute Gasteiger partial charge is 0.317 e. The van der Waals surface area contributed by atoms with E-state index < -0.39 is 0 Å². The summed E-state index contributed by atoms with van der Waals surface area (Å²) in [6.45, 7) is 10.1. The number of nitrogens with one attached hydrogen (secondary N) is 1. The summed E-state index contributed by atoms with van der Waals surface area (Å²) in [5.41, 5.74) is 3.49. The Labute approximate surface area is 127 Å². The third-order valence-electron chi connectivity index (χ3n) is 4.64. The Hall–Kier alpha value is -1.52. The summed E-state index contributed by atoms with van der Waals surface area (Å²) in [7, 11) is 1.96. The minimum atomic E-state index is 0.0883. The molecule has 2 rings (SSSR count). The maximum Gasteiger partial charge on any atom is 0.317 e. The number of aryl methyl sites for hydroxylation is 2. The molecule has 2 heterocycles. The van der Waals surface area contributed by atoms with Crippen LogP contribution in [0, 0.1) is 19.8 Å². The molecule has 0 aromatic carbocycles. The Kier molecular flexibility index (Phi) is 4.91. The van der Waals surface area contributed by atoms with E-state index in [0.717, 1.165) is 31.5 Å². The summed E-state index contributed by atoms with van der Waals surface area (Å²) < 4.78 is 1.90. The van der Waals surface area contributed by atoms with Crippen LogP contribution >= 0.6 is 0 Å². The summed E-state index contributed by atoms with van der Waals surface area (Å²) in [5, 5.41) is 7.49. The molecule has 5 heteroatoms. The second-order valence-corrected chi connectivity index (χ2v) is 6.40. The van der Waals surface area contributed by atoms with Crippen LogP contribution < -0.4 is 5.32 Å². The number of likely N-dealkylation sites (tertiary alicyclic amines) is 1. The van der Waals surface area contributed by atoms with Gasteiger partial charge in [-0.05, 0) is 44.6 Å². The lowest BCUT2D eigenvalue weighted by Crippen LogP contribution is -2.45. The molecule has 0 spiro atoms. The number of amides is 2. The van der Waals surface area contributed by atoms with Crippen LogP contribution in [-0.4, -0.2) is 39.8 Å². The Bertz CT molecular complexity index is 507. The minimum absolute atomic E-state index is 0.0883. The molecule has 5 nitrogen and oxygen atoms in total. The van der Waals surface area contributed by atoms with Gasteiger partial charge in [-0.25, -0.2) is 4.79 Å². The summed E-state index contributed by atoms with van der Waals surface area (Å²) in [6.07, 6.45) is 3.10. The molecule has 0 aliphatic carbocycles. The Morgan fingerprint density at radius 1 is 1.43 bits per heavy atom. The molecule has 2 amide bonds. The fourth-order valence-corrected chi connectivity index (χ4v) is 3.31. The van der Waals surface area contributed by atoms with Crippen molar-refractivity contribution in [2.45, 2.75) is 53.0 Å². The van der Waals surface area contributed by atoms with Crippen molar-refractivity contribution in [3.63, 3.8) is 0 Å². The van der Waals surface area contributed by atoms with Crippen molar-refractivity contribution in [2.75, 3.05) is 13.1 Å². The predicted octanol–water partition coefficient (Wildman–Crippen LogP) is 2.41. The molecular formula is C16H28N4O. The lowest BCUT2D eigenvalue weighted by atomic mass is 10.0. The highest BCUT2D eigenvalue weighted by Gasteiger charge is 2.30. The van der Waals surface area contributed by atoms with Gasteiger partial charge in [-0.2, -0.15) is 5.10 Å². The molecule has 1 aromatic rings. The molecule has 0 radical (unpaired) electrons. The summed E-state index contributed by atoms with van der Waals surface area (Å²) in [6, 6.07) is 0.484. The van der Waals surface area contributed by atoms with Gasteiger partial charge in [-0.15, -0.1) is 0 Å². The van der Waals surface area contributed by atoms with Gasteiger partial charge in [-0.3, -0.25) is 4.68 Å². The number of nitrogens with zero attached hydrogens (tertiary/aromatic N) is 3. The normalized spacial score (nSPS) is 18.6. The summed E-state index contributed by atoms with van der Waals surface area (Å²) in [4.78, 5) is 14.3. The van der Waals surface area contributed by atoms with Gasteiger partial charge in [0.1, 0.15) is 0 Å². The Balaban J connectivity index is 1.87. The van der Waals surface area contributed by atoms with Gasteiger partial charge in [0, 0.05) is 31.9 Å². The molecule has 1 saturated heterocycles. The number of urea groups is 1. The van der Waals surface area contributed by atoms with E-state index in [1.807, 2.05) is 23.6 Å². The van der Waals surface area contributed by atoms with Crippen LogP contribution in [0.4, 0.5) is 4.79 Å². The monoisotopic (exact) mass is 292 g/mol. The summed E-state index contributed by atoms with van der Waals surface area (Å²) >= 11 is 0. The average Bonchev–Trinajstić information content (AvgIpc) is 2.99. The molecule has 1 fully saturated rings. The first-order valence-corrected chi connectivity index (χ1v) is 7.95. The fourth-order valence-electron chi connectivity index (χ4n) is 3.31. The van der Waals surface area contributed by atoms with E-state index in [0.29, 0.717) is 18.5 Å². The van der Waals surface area contributed by atoms with Crippen molar-refractivity contribution >= 4 is 6.03 Å². The van der Waals surface area contributed by atoms with E-state index in [9.17, 15) is 4.79 Å². The van der Waals surface area contributed by atoms with Gasteiger partial charge in [0.25, 0.3) is 0 Å². The third-order valence-corrected chi connectivity index (χ3v) is 4.64. The van der Waals surface area contributed by atoms with E-state index in [4.69, 9.17) is 0 Å². The number of hydrogen-bond donors (Lipinski definition) is 1. The van der Waals surface area contributed by atoms with Gasteiger partial charge >= 0.3 is 6.03 Å². The number of aromatic nitrogens is 2. The van der Waals surface area contributed by atoms with Crippen molar-refractivity contribution in [3.05, 3.63) is 17.0 Å². The molecule has 118 valence electrons. The zero-order valence-corrected chi connectivity index (χ0v) is 13.9. The van der Waals surface area contributed by atoms with Crippen LogP contribution in [0.3, 0.4) is 0 Å². The van der Waals surface area contributed by atoms with E-state index in [2.05, 4.69) is 31.2 Å². The first-order chi connectivity index (χ1) is 9.91. The van der Waals surface area contributed by atoms with Crippen molar-refractivity contribution in [3.8, 4) is 0 Å². The lowest BCUT2D eigenvalue weighted by Gasteiger charge is -2.27. The second-order valence-electron chi connectivity index (χ2n) is 6.40. The molecule has 1 aliphatic heterocycles. The highest BCUT2D eigenvalue weighted by atomic mass is 16.2. The molecule has 0 saturated carbocycles. The minimum Gasteiger partial charge on any atom is -0.338 e. The van der Waals surface area contributed by atoms with Gasteiger partial charge in [0.05, 0.1) is 5.69 Å². The first-order valence-electron chi connectivity index (χ1n) is 7.95. The number of carbonyl (C=O) groups is 1. The second kappa shape index (κ2) is 6.50.